The molecule has 0 unspecified atom stereocenters. The number of benzene rings is 3. The number of carbonyl (C=O) groups is 7. The molecule has 2 aliphatic heterocycles. The highest BCUT2D eigenvalue weighted by Crippen LogP contribution is 2.64. The topological polar surface area (TPSA) is 255 Å². The van der Waals surface area contributed by atoms with Crippen molar-refractivity contribution in [3.63, 3.8) is 0 Å². The van der Waals surface area contributed by atoms with Crippen LogP contribution in [0.5, 0.6) is 0 Å². The second kappa shape index (κ2) is 28.0. The summed E-state index contributed by atoms with van der Waals surface area (Å²) in [6.45, 7) is 7.21. The Labute approximate surface area is 509 Å². The zero-order chi connectivity index (χ0) is 63.2. The lowest BCUT2D eigenvalue weighted by molar-refractivity contribution is -0.346. The minimum absolute atomic E-state index is 0.0162. The Hall–Kier alpha value is -10.0. The van der Waals surface area contributed by atoms with Crippen LogP contribution in [-0.2, 0) is 61.8 Å². The van der Waals surface area contributed by atoms with Crippen molar-refractivity contribution in [2.45, 2.75) is 127 Å². The lowest BCUT2D eigenvalue weighted by atomic mass is 9.44. The van der Waals surface area contributed by atoms with Crippen molar-refractivity contribution >= 4 is 41.7 Å². The van der Waals surface area contributed by atoms with E-state index in [2.05, 4.69) is 94.1 Å². The van der Waals surface area contributed by atoms with E-state index < -0.39 is 138 Å². The van der Waals surface area contributed by atoms with Crippen molar-refractivity contribution in [2.24, 2.45) is 16.7 Å². The molecule has 88 heavy (non-hydrogen) atoms. The van der Waals surface area contributed by atoms with Gasteiger partial charge in [0.2, 0.25) is 6.10 Å². The lowest BCUT2D eigenvalue weighted by Gasteiger charge is -2.67. The maximum absolute atomic E-state index is 15.9. The van der Waals surface area contributed by atoms with Crippen LogP contribution in [0.25, 0.3) is 0 Å². The van der Waals surface area contributed by atoms with Crippen molar-refractivity contribution in [3.05, 3.63) is 119 Å². The zero-order valence-corrected chi connectivity index (χ0v) is 48.7. The van der Waals surface area contributed by atoms with E-state index in [1.165, 1.54) is 52.0 Å². The predicted octanol–water partition coefficient (Wildman–Crippen LogP) is 4.69. The molecule has 0 aromatic heterocycles. The predicted molar refractivity (Wildman–Crippen MR) is 310 cm³/mol. The maximum Gasteiger partial charge on any atom is 0.509 e. The summed E-state index contributed by atoms with van der Waals surface area (Å²) in [4.78, 5) is 101. The fraction of sp³-hybridized carbons (Fsp3) is 0.377. The van der Waals surface area contributed by atoms with E-state index in [4.69, 9.17) is 49.1 Å². The van der Waals surface area contributed by atoms with E-state index in [-0.39, 0.29) is 53.9 Å². The van der Waals surface area contributed by atoms with E-state index in [1.54, 1.807) is 66.7 Å². The summed E-state index contributed by atoms with van der Waals surface area (Å²) in [5, 5.41) is 29.2. The van der Waals surface area contributed by atoms with Gasteiger partial charge in [0.05, 0.1) is 42.6 Å². The van der Waals surface area contributed by atoms with Crippen LogP contribution in [0.2, 0.25) is 0 Å². The Kier molecular flexibility index (Phi) is 20.4. The Morgan fingerprint density at radius 1 is 0.750 bits per heavy atom. The molecular weight excluding hydrogens is 1130 g/mol. The summed E-state index contributed by atoms with van der Waals surface area (Å²) in [5.41, 5.74) is -7.90. The van der Waals surface area contributed by atoms with Gasteiger partial charge in [-0.3, -0.25) is 19.2 Å². The van der Waals surface area contributed by atoms with E-state index >= 15 is 9.59 Å². The molecule has 3 aromatic rings. The summed E-state index contributed by atoms with van der Waals surface area (Å²) in [5.74, 6) is 29.9. The van der Waals surface area contributed by atoms with E-state index in [0.717, 1.165) is 13.8 Å². The summed E-state index contributed by atoms with van der Waals surface area (Å²) >= 11 is 0. The van der Waals surface area contributed by atoms with Crippen LogP contribution in [0.4, 0.5) is 4.79 Å². The van der Waals surface area contributed by atoms with Crippen LogP contribution in [0, 0.1) is 112 Å². The van der Waals surface area contributed by atoms with Crippen molar-refractivity contribution < 1.29 is 86.4 Å². The molecule has 2 heterocycles. The van der Waals surface area contributed by atoms with Crippen LogP contribution < -0.4 is 5.32 Å². The van der Waals surface area contributed by atoms with Gasteiger partial charge < -0.3 is 58.2 Å². The summed E-state index contributed by atoms with van der Waals surface area (Å²) in [7, 11) is 0. The Bertz CT molecular complexity index is 3790. The number of carbonyl (C=O) groups excluding carboxylic acids is 7. The molecule has 3 aromatic carbocycles. The maximum atomic E-state index is 15.9. The van der Waals surface area contributed by atoms with Gasteiger partial charge in [-0.15, -0.1) is 6.42 Å². The Morgan fingerprint density at radius 3 is 1.90 bits per heavy atom. The van der Waals surface area contributed by atoms with Gasteiger partial charge in [0.25, 0.3) is 5.91 Å². The average Bonchev–Trinajstić information content (AvgIpc) is 0.817. The van der Waals surface area contributed by atoms with Crippen LogP contribution >= 0.6 is 0 Å². The molecule has 0 spiro atoms. The number of terminal acetylenes is 1. The molecule has 448 valence electrons. The van der Waals surface area contributed by atoms with Crippen LogP contribution in [0.3, 0.4) is 0 Å². The number of amides is 1. The number of esters is 4. The first-order valence-corrected chi connectivity index (χ1v) is 27.7. The fourth-order valence-electron chi connectivity index (χ4n) is 11.8. The summed E-state index contributed by atoms with van der Waals surface area (Å²) in [6.07, 6.45) is -9.33. The number of hydrogen-bond acceptors (Lipinski definition) is 18. The third-order valence-corrected chi connectivity index (χ3v) is 16.1. The first-order valence-electron chi connectivity index (χ1n) is 27.7. The number of hydrogen-bond donors (Lipinski definition) is 3. The second-order valence-electron chi connectivity index (χ2n) is 21.7. The zero-order valence-electron chi connectivity index (χ0n) is 48.7. The Morgan fingerprint density at radius 2 is 1.33 bits per heavy atom. The minimum Gasteiger partial charge on any atom is -0.455 e. The van der Waals surface area contributed by atoms with Crippen molar-refractivity contribution in [1.29, 1.82) is 0 Å². The molecule has 3 aliphatic carbocycles. The number of nitrogens with one attached hydrogen (secondary N) is 1. The average molecular weight is 1190 g/mol. The SMILES string of the molecule is C#CC#CC#CC#CC#CC#CC#CC#CC[C@@H]1OC[C@H](COC(=O)O[C@@H](C(=O)O[C@H]2C[C@@]3(O)[C@@H](OC(=O)c4ccccc4)[C@@H]4[C@]5(OC(C)=O)CO[C@@H]5C[C@H](O)[C@@]4(C)C(=O)[C@H](OC(C)=O)C(=C2C)C3(C)C)[C@@H](NC(=O)c2ccccc2)c2ccccc2)O1. The monoisotopic (exact) mass is 1190 g/mol. The van der Waals surface area contributed by atoms with Crippen molar-refractivity contribution in [1.82, 2.24) is 5.32 Å². The van der Waals surface area contributed by atoms with Gasteiger partial charge in [-0.1, -0.05) is 86.5 Å². The van der Waals surface area contributed by atoms with E-state index in [9.17, 15) is 34.2 Å². The largest absolute Gasteiger partial charge is 0.509 e. The number of Topliss-reactive ketones (excluding diaryl/α,β-unsaturated/α-hetero) is 1. The second-order valence-corrected chi connectivity index (χ2v) is 21.7. The van der Waals surface area contributed by atoms with Gasteiger partial charge in [-0.05, 0) is 138 Å². The molecule has 2 saturated carbocycles. The smallest absolute Gasteiger partial charge is 0.455 e. The number of fused-ring (bicyclic) bond motifs is 5. The first-order chi connectivity index (χ1) is 42.2. The van der Waals surface area contributed by atoms with E-state index in [0.29, 0.717) is 0 Å². The summed E-state index contributed by atoms with van der Waals surface area (Å²) < 4.78 is 54.0. The third-order valence-electron chi connectivity index (χ3n) is 16.1. The Balaban J connectivity index is 1.12. The molecule has 13 atom stereocenters. The minimum atomic E-state index is -2.53. The summed E-state index contributed by atoms with van der Waals surface area (Å²) in [6, 6.07) is 22.2. The number of rotatable bonds is 14. The first kappa shape index (κ1) is 64.0. The highest BCUT2D eigenvalue weighted by atomic mass is 16.8. The third kappa shape index (κ3) is 13.8. The number of aliphatic hydroxyl groups excluding tert-OH is 1. The standard InChI is InChI=1S/C69H59NO18/c1-8-9-10-11-12-13-14-15-16-17-18-19-20-21-31-38-54-80-41-50(84-54)42-81-65(78)86-58(56(47-32-25-22-26-33-47)70-62(75)48-34-27-23-28-35-48)64(77)85-51-40-69(79)61(87-63(76)49-36-29-24-30-37-49)59-67(7,52(73)39-53-68(59,43-82-53)88-46(4)72)60(74)57(83-45(3)71)55(44(51)2)66(69,5)6/h1,22-30,32-37,50-54,56-59,61,73,79H,38-43H2,2-7H3,(H,70,75)/t50-,51+,52+,53-,54-,56+,57-,58-,59+,61+,67-,68+,69-/m1/s1. The molecule has 0 radical (unpaired) electrons. The molecule has 4 fully saturated rings. The van der Waals surface area contributed by atoms with Gasteiger partial charge in [0.1, 0.15) is 42.7 Å². The van der Waals surface area contributed by atoms with Crippen LogP contribution in [0.1, 0.15) is 93.1 Å². The van der Waals surface area contributed by atoms with Gasteiger partial charge in [0, 0.05) is 37.7 Å². The molecule has 3 N–H and O–H groups in total. The lowest BCUT2D eigenvalue weighted by Crippen LogP contribution is -2.82. The van der Waals surface area contributed by atoms with Crippen LogP contribution in [-0.4, -0.2) is 132 Å². The van der Waals surface area contributed by atoms with Gasteiger partial charge in [-0.25, -0.2) is 14.4 Å². The van der Waals surface area contributed by atoms with Crippen LogP contribution in [0.15, 0.2) is 102 Å². The molecule has 19 nitrogen and oxygen atoms in total. The molecule has 5 aliphatic rings. The molecule has 2 saturated heterocycles. The highest BCUT2D eigenvalue weighted by molar-refractivity contribution is 5.96. The molecule has 1 amide bonds. The quantitative estimate of drug-likeness (QED) is 0.0857. The van der Waals surface area contributed by atoms with E-state index in [1.807, 2.05) is 0 Å². The number of aliphatic hydroxyl groups is 2. The van der Waals surface area contributed by atoms with Gasteiger partial charge in [0.15, 0.2) is 23.8 Å². The number of ketones is 1. The fourth-order valence-corrected chi connectivity index (χ4v) is 11.8. The van der Waals surface area contributed by atoms with Crippen molar-refractivity contribution in [2.75, 3.05) is 19.8 Å². The molecule has 19 heteroatoms. The highest BCUT2D eigenvalue weighted by Gasteiger charge is 2.78. The molecule has 8 rings (SSSR count). The van der Waals surface area contributed by atoms with Crippen molar-refractivity contribution in [3.8, 4) is 95.2 Å². The normalized spacial score (nSPS) is 27.1. The molecular formula is C69H59NO18. The van der Waals surface area contributed by atoms with Gasteiger partial charge >= 0.3 is 30.0 Å². The molecule has 2 bridgehead atoms. The van der Waals surface area contributed by atoms with Gasteiger partial charge in [-0.2, -0.15) is 0 Å². The number of ether oxygens (including phenoxy) is 9.